The Labute approximate surface area is 124 Å². The molecule has 0 fully saturated rings. The zero-order chi connectivity index (χ0) is 15.4. The van der Waals surface area contributed by atoms with Crippen LogP contribution in [0.4, 0.5) is 4.79 Å². The molecule has 21 heavy (non-hydrogen) atoms. The monoisotopic (exact) mass is 285 g/mol. The van der Waals surface area contributed by atoms with Gasteiger partial charge in [0.25, 0.3) is 0 Å². The molecule has 110 valence electrons. The van der Waals surface area contributed by atoms with Crippen molar-refractivity contribution in [3.63, 3.8) is 0 Å². The lowest BCUT2D eigenvalue weighted by atomic mass is 10.0. The van der Waals surface area contributed by atoms with Gasteiger partial charge in [0.05, 0.1) is 5.56 Å². The highest BCUT2D eigenvalue weighted by atomic mass is 16.6. The van der Waals surface area contributed by atoms with Crippen LogP contribution in [0.3, 0.4) is 0 Å². The molecule has 0 N–H and O–H groups in total. The van der Waals surface area contributed by atoms with Gasteiger partial charge < -0.3 is 9.64 Å². The van der Waals surface area contributed by atoms with Crippen molar-refractivity contribution in [1.29, 1.82) is 0 Å². The number of ketones is 1. The van der Waals surface area contributed by atoms with E-state index in [2.05, 4.69) is 0 Å². The number of rotatable bonds is 4. The van der Waals surface area contributed by atoms with E-state index in [0.29, 0.717) is 24.4 Å². The van der Waals surface area contributed by atoms with E-state index in [1.54, 1.807) is 11.0 Å². The Kier molecular flexibility index (Phi) is 4.58. The minimum atomic E-state index is -0.432. The summed E-state index contributed by atoms with van der Waals surface area (Å²) in [6.45, 7) is 6.38. The number of carbonyl (C=O) groups is 2. The lowest BCUT2D eigenvalue weighted by Gasteiger charge is -2.19. The molecule has 0 radical (unpaired) electrons. The molecule has 0 bridgehead atoms. The Morgan fingerprint density at radius 1 is 1.05 bits per heavy atom. The fraction of sp³-hybridized carbons (Fsp3) is 0.294. The number of Topliss-reactive ketones (excluding diaryl/α,β-unsaturated/α-hetero) is 1. The standard InChI is InChI=1S/C17H19NO3/c1-4-18(5-2)17(20)21-16-14(12(3)19)11-10-13-8-6-7-9-15(13)16/h6-11H,4-5H2,1-3H3. The summed E-state index contributed by atoms with van der Waals surface area (Å²) in [5.41, 5.74) is 0.425. The van der Waals surface area contributed by atoms with Crippen LogP contribution in [0, 0.1) is 0 Å². The highest BCUT2D eigenvalue weighted by Gasteiger charge is 2.18. The summed E-state index contributed by atoms with van der Waals surface area (Å²) in [7, 11) is 0. The summed E-state index contributed by atoms with van der Waals surface area (Å²) >= 11 is 0. The van der Waals surface area contributed by atoms with Crippen LogP contribution in [0.25, 0.3) is 10.8 Å². The van der Waals surface area contributed by atoms with Crippen LogP contribution in [-0.4, -0.2) is 29.9 Å². The van der Waals surface area contributed by atoms with Crippen LogP contribution in [0.2, 0.25) is 0 Å². The van der Waals surface area contributed by atoms with Gasteiger partial charge >= 0.3 is 6.09 Å². The van der Waals surface area contributed by atoms with Gasteiger partial charge in [-0.2, -0.15) is 0 Å². The van der Waals surface area contributed by atoms with Gasteiger partial charge in [-0.1, -0.05) is 30.3 Å². The molecule has 0 aliphatic heterocycles. The number of carbonyl (C=O) groups excluding carboxylic acids is 2. The average Bonchev–Trinajstić information content (AvgIpc) is 2.48. The summed E-state index contributed by atoms with van der Waals surface area (Å²) in [4.78, 5) is 25.6. The molecule has 2 aromatic carbocycles. The van der Waals surface area contributed by atoms with Gasteiger partial charge in [-0.05, 0) is 32.2 Å². The Balaban J connectivity index is 2.52. The van der Waals surface area contributed by atoms with Gasteiger partial charge in [0.15, 0.2) is 11.5 Å². The smallest absolute Gasteiger partial charge is 0.409 e. The summed E-state index contributed by atoms with van der Waals surface area (Å²) in [5.74, 6) is 0.223. The maximum Gasteiger partial charge on any atom is 0.415 e. The second-order valence-electron chi connectivity index (χ2n) is 4.76. The number of hydrogen-bond acceptors (Lipinski definition) is 3. The molecule has 0 unspecified atom stereocenters. The maximum atomic E-state index is 12.2. The Morgan fingerprint density at radius 3 is 2.33 bits per heavy atom. The van der Waals surface area contributed by atoms with Gasteiger partial charge in [0.1, 0.15) is 0 Å². The van der Waals surface area contributed by atoms with Crippen molar-refractivity contribution in [3.05, 3.63) is 42.0 Å². The zero-order valence-electron chi connectivity index (χ0n) is 12.6. The van der Waals surface area contributed by atoms with Crippen molar-refractivity contribution < 1.29 is 14.3 Å². The van der Waals surface area contributed by atoms with Crippen molar-refractivity contribution >= 4 is 22.6 Å². The molecule has 0 saturated heterocycles. The fourth-order valence-electron chi connectivity index (χ4n) is 2.26. The van der Waals surface area contributed by atoms with Crippen molar-refractivity contribution in [3.8, 4) is 5.75 Å². The van der Waals surface area contributed by atoms with E-state index in [-0.39, 0.29) is 5.78 Å². The Bertz CT molecular complexity index is 675. The number of amides is 1. The molecule has 0 spiro atoms. The van der Waals surface area contributed by atoms with Crippen LogP contribution in [0.15, 0.2) is 36.4 Å². The quantitative estimate of drug-likeness (QED) is 0.801. The average molecular weight is 285 g/mol. The molecule has 0 heterocycles. The maximum absolute atomic E-state index is 12.2. The van der Waals surface area contributed by atoms with Crippen LogP contribution in [0.5, 0.6) is 5.75 Å². The van der Waals surface area contributed by atoms with Crippen molar-refractivity contribution in [2.75, 3.05) is 13.1 Å². The van der Waals surface area contributed by atoms with Crippen LogP contribution in [0.1, 0.15) is 31.1 Å². The second-order valence-corrected chi connectivity index (χ2v) is 4.76. The number of fused-ring (bicyclic) bond motifs is 1. The molecule has 0 aromatic heterocycles. The third-order valence-electron chi connectivity index (χ3n) is 3.47. The van der Waals surface area contributed by atoms with Gasteiger partial charge in [-0.15, -0.1) is 0 Å². The highest BCUT2D eigenvalue weighted by Crippen LogP contribution is 2.30. The molecule has 0 saturated carbocycles. The SMILES string of the molecule is CCN(CC)C(=O)Oc1c(C(C)=O)ccc2ccccc12. The van der Waals surface area contributed by atoms with Gasteiger partial charge in [-0.3, -0.25) is 4.79 Å². The summed E-state index contributed by atoms with van der Waals surface area (Å²) < 4.78 is 5.53. The van der Waals surface area contributed by atoms with E-state index in [0.717, 1.165) is 10.8 Å². The number of ether oxygens (including phenoxy) is 1. The van der Waals surface area contributed by atoms with Crippen LogP contribution >= 0.6 is 0 Å². The van der Waals surface area contributed by atoms with Crippen molar-refractivity contribution in [1.82, 2.24) is 4.90 Å². The van der Waals surface area contributed by atoms with E-state index in [9.17, 15) is 9.59 Å². The molecule has 4 nitrogen and oxygen atoms in total. The minimum absolute atomic E-state index is 0.122. The first-order valence-electron chi connectivity index (χ1n) is 7.07. The molecule has 1 amide bonds. The number of nitrogens with zero attached hydrogens (tertiary/aromatic N) is 1. The Hall–Kier alpha value is -2.36. The second kappa shape index (κ2) is 6.39. The molecule has 2 aromatic rings. The topological polar surface area (TPSA) is 46.6 Å². The van der Waals surface area contributed by atoms with E-state index >= 15 is 0 Å². The first kappa shape index (κ1) is 15.0. The van der Waals surface area contributed by atoms with Gasteiger partial charge in [0, 0.05) is 18.5 Å². The first-order valence-corrected chi connectivity index (χ1v) is 7.07. The molecule has 0 atom stereocenters. The van der Waals surface area contributed by atoms with E-state index in [1.807, 2.05) is 44.2 Å². The van der Waals surface area contributed by atoms with E-state index < -0.39 is 6.09 Å². The Morgan fingerprint density at radius 2 is 1.71 bits per heavy atom. The van der Waals surface area contributed by atoms with E-state index in [4.69, 9.17) is 4.74 Å². The predicted octanol–water partition coefficient (Wildman–Crippen LogP) is 3.88. The fourth-order valence-corrected chi connectivity index (χ4v) is 2.26. The highest BCUT2D eigenvalue weighted by molar-refractivity contribution is 6.04. The summed E-state index contributed by atoms with van der Waals surface area (Å²) in [6, 6.07) is 11.1. The third-order valence-corrected chi connectivity index (χ3v) is 3.47. The molecule has 0 aliphatic rings. The molecular formula is C17H19NO3. The van der Waals surface area contributed by atoms with E-state index in [1.165, 1.54) is 6.92 Å². The molecular weight excluding hydrogens is 266 g/mol. The molecule has 0 aliphatic carbocycles. The zero-order valence-corrected chi connectivity index (χ0v) is 12.6. The predicted molar refractivity (Wildman–Crippen MR) is 82.9 cm³/mol. The molecule has 4 heteroatoms. The number of benzene rings is 2. The summed E-state index contributed by atoms with van der Waals surface area (Å²) in [5, 5.41) is 1.70. The normalized spacial score (nSPS) is 10.4. The lowest BCUT2D eigenvalue weighted by Crippen LogP contribution is -2.33. The largest absolute Gasteiger partial charge is 0.415 e. The van der Waals surface area contributed by atoms with Crippen LogP contribution < -0.4 is 4.74 Å². The minimum Gasteiger partial charge on any atom is -0.409 e. The van der Waals surface area contributed by atoms with Crippen LogP contribution in [-0.2, 0) is 0 Å². The molecule has 2 rings (SSSR count). The van der Waals surface area contributed by atoms with Crippen molar-refractivity contribution in [2.45, 2.75) is 20.8 Å². The number of hydrogen-bond donors (Lipinski definition) is 0. The summed E-state index contributed by atoms with van der Waals surface area (Å²) in [6.07, 6.45) is -0.432. The van der Waals surface area contributed by atoms with Gasteiger partial charge in [0.2, 0.25) is 0 Å². The first-order chi connectivity index (χ1) is 10.1. The lowest BCUT2D eigenvalue weighted by molar-refractivity contribution is 0.101. The van der Waals surface area contributed by atoms with Crippen molar-refractivity contribution in [2.24, 2.45) is 0 Å². The van der Waals surface area contributed by atoms with Gasteiger partial charge in [-0.25, -0.2) is 4.79 Å². The third kappa shape index (κ3) is 3.05.